The summed E-state index contributed by atoms with van der Waals surface area (Å²) in [7, 11) is 4.00. The number of halogens is 2. The second kappa shape index (κ2) is 15.5. The Morgan fingerprint density at radius 3 is 1.67 bits per heavy atom. The first kappa shape index (κ1) is 38.2. The van der Waals surface area contributed by atoms with E-state index < -0.39 is 22.8 Å². The Labute approximate surface area is 349 Å². The molecular formula is C49H42F2N8O2. The van der Waals surface area contributed by atoms with Gasteiger partial charge in [-0.15, -0.1) is 0 Å². The predicted molar refractivity (Wildman–Crippen MR) is 235 cm³/mol. The van der Waals surface area contributed by atoms with Gasteiger partial charge in [-0.2, -0.15) is 10.2 Å². The van der Waals surface area contributed by atoms with E-state index in [2.05, 4.69) is 121 Å². The van der Waals surface area contributed by atoms with Crippen molar-refractivity contribution in [3.63, 3.8) is 0 Å². The Hall–Kier alpha value is -7.02. The van der Waals surface area contributed by atoms with Crippen LogP contribution in [-0.2, 0) is 19.6 Å². The van der Waals surface area contributed by atoms with Crippen molar-refractivity contribution in [2.75, 3.05) is 24.7 Å². The van der Waals surface area contributed by atoms with Crippen LogP contribution in [0.3, 0.4) is 0 Å². The van der Waals surface area contributed by atoms with Gasteiger partial charge in [0.15, 0.2) is 0 Å². The van der Waals surface area contributed by atoms with Gasteiger partial charge in [-0.05, 0) is 77.3 Å². The van der Waals surface area contributed by atoms with Crippen LogP contribution >= 0.6 is 0 Å². The van der Waals surface area contributed by atoms with Crippen molar-refractivity contribution in [3.05, 3.63) is 210 Å². The standard InChI is InChI=1S/C49H42F2N8O2/c1-52-24-27-11-15-30(16-12-27)40-45(54-38-22-34(50)20-36-42(38)46(40)55-57-48(36)60)32-17-13-28(14-18-32)25-59(2)26-29-7-6-10-33(19-29)41-44(31-8-4-3-5-9-31)53-39-23-35(51)21-37-43(39)47(41)56-58-49(37)61/h3-23,40-41,44-45,52-54H,24-26H2,1-2H3,(H,57,60)(H,58,61). The highest BCUT2D eigenvalue weighted by Crippen LogP contribution is 2.48. The summed E-state index contributed by atoms with van der Waals surface area (Å²) in [6.45, 7) is 2.07. The first-order valence-corrected chi connectivity index (χ1v) is 20.3. The largest absolute Gasteiger partial charge is 0.377 e. The van der Waals surface area contributed by atoms with Gasteiger partial charge < -0.3 is 16.0 Å². The Kier molecular flexibility index (Phi) is 9.73. The fraction of sp³-hybridized carbons (Fsp3) is 0.184. The van der Waals surface area contributed by atoms with E-state index in [9.17, 15) is 18.4 Å². The SMILES string of the molecule is CNCc1ccc(C2c3n[nH]c(=O)c4cc(F)cc(c34)NC2c2ccc(CN(C)Cc3cccc(C4c5n[nH]c(=O)c6cc(F)cc(c56)NC4c4ccccc4)c3)cc2)cc1. The van der Waals surface area contributed by atoms with Crippen molar-refractivity contribution in [2.24, 2.45) is 0 Å². The van der Waals surface area contributed by atoms with Crippen LogP contribution in [0.15, 0.2) is 137 Å². The number of hydrogen-bond donors (Lipinski definition) is 5. The summed E-state index contributed by atoms with van der Waals surface area (Å²) in [5.41, 5.74) is 9.06. The molecule has 304 valence electrons. The smallest absolute Gasteiger partial charge is 0.272 e. The number of hydrogen-bond acceptors (Lipinski definition) is 8. The number of nitrogens with zero attached hydrogens (tertiary/aromatic N) is 3. The van der Waals surface area contributed by atoms with Gasteiger partial charge in [0.2, 0.25) is 0 Å². The third-order valence-corrected chi connectivity index (χ3v) is 12.1. The van der Waals surface area contributed by atoms with Crippen LogP contribution < -0.4 is 27.1 Å². The van der Waals surface area contributed by atoms with Crippen LogP contribution in [0, 0.1) is 11.6 Å². The average Bonchev–Trinajstić information content (AvgIpc) is 3.26. The Balaban J connectivity index is 0.926. The lowest BCUT2D eigenvalue weighted by molar-refractivity contribution is 0.319. The van der Waals surface area contributed by atoms with E-state index in [4.69, 9.17) is 0 Å². The summed E-state index contributed by atoms with van der Waals surface area (Å²) in [6, 6.07) is 40.2. The lowest BCUT2D eigenvalue weighted by Crippen LogP contribution is -2.28. The number of anilines is 2. The van der Waals surface area contributed by atoms with Crippen molar-refractivity contribution in [1.82, 2.24) is 30.6 Å². The van der Waals surface area contributed by atoms with Crippen LogP contribution in [0.25, 0.3) is 21.5 Å². The average molecular weight is 813 g/mol. The zero-order valence-corrected chi connectivity index (χ0v) is 33.5. The van der Waals surface area contributed by atoms with E-state index in [1.807, 2.05) is 37.4 Å². The molecule has 0 amide bonds. The molecule has 0 fully saturated rings. The molecule has 0 radical (unpaired) electrons. The fourth-order valence-corrected chi connectivity index (χ4v) is 9.43. The predicted octanol–water partition coefficient (Wildman–Crippen LogP) is 8.39. The normalized spacial score (nSPS) is 18.0. The number of benzene rings is 6. The number of rotatable bonds is 10. The molecule has 61 heavy (non-hydrogen) atoms. The van der Waals surface area contributed by atoms with Gasteiger partial charge in [-0.3, -0.25) is 14.5 Å². The third-order valence-electron chi connectivity index (χ3n) is 12.1. The first-order valence-electron chi connectivity index (χ1n) is 20.3. The molecule has 5 N–H and O–H groups in total. The molecule has 6 aromatic carbocycles. The summed E-state index contributed by atoms with van der Waals surface area (Å²) in [4.78, 5) is 27.9. The topological polar surface area (TPSA) is 131 Å². The van der Waals surface area contributed by atoms with Crippen molar-refractivity contribution in [1.29, 1.82) is 0 Å². The van der Waals surface area contributed by atoms with E-state index in [0.29, 0.717) is 46.6 Å². The van der Waals surface area contributed by atoms with Gasteiger partial charge in [0.25, 0.3) is 11.1 Å². The number of aromatic nitrogens is 4. The third kappa shape index (κ3) is 7.03. The summed E-state index contributed by atoms with van der Waals surface area (Å²) in [5, 5.41) is 26.6. The molecule has 8 aromatic rings. The minimum absolute atomic E-state index is 0.264. The Morgan fingerprint density at radius 2 is 1.08 bits per heavy atom. The first-order chi connectivity index (χ1) is 29.7. The van der Waals surface area contributed by atoms with E-state index in [1.54, 1.807) is 0 Å². The van der Waals surface area contributed by atoms with E-state index in [0.717, 1.165) is 45.5 Å². The summed E-state index contributed by atoms with van der Waals surface area (Å²) in [5.74, 6) is -1.51. The molecule has 0 spiro atoms. The number of aromatic amines is 2. The van der Waals surface area contributed by atoms with Gasteiger partial charge in [-0.25, -0.2) is 19.0 Å². The molecule has 2 aromatic heterocycles. The summed E-state index contributed by atoms with van der Waals surface area (Å²) < 4.78 is 29.7. The van der Waals surface area contributed by atoms with Crippen LogP contribution in [0.1, 0.15) is 74.3 Å². The second-order valence-corrected chi connectivity index (χ2v) is 16.2. The molecule has 10 rings (SSSR count). The number of H-pyrrole nitrogens is 2. The molecule has 2 aliphatic rings. The fourth-order valence-electron chi connectivity index (χ4n) is 9.43. The summed E-state index contributed by atoms with van der Waals surface area (Å²) >= 11 is 0. The minimum atomic E-state index is -0.492. The van der Waals surface area contributed by atoms with Gasteiger partial charge in [0, 0.05) is 41.8 Å². The molecule has 4 heterocycles. The van der Waals surface area contributed by atoms with Crippen molar-refractivity contribution < 1.29 is 8.78 Å². The zero-order valence-electron chi connectivity index (χ0n) is 33.5. The van der Waals surface area contributed by atoms with Crippen LogP contribution in [0.2, 0.25) is 0 Å². The molecule has 0 aliphatic carbocycles. The van der Waals surface area contributed by atoms with Crippen LogP contribution in [0.5, 0.6) is 0 Å². The van der Waals surface area contributed by atoms with Gasteiger partial charge in [-0.1, -0.05) is 103 Å². The Bertz CT molecular complexity index is 3060. The monoisotopic (exact) mass is 812 g/mol. The molecule has 12 heteroatoms. The molecule has 4 atom stereocenters. The van der Waals surface area contributed by atoms with Crippen LogP contribution in [-0.4, -0.2) is 39.4 Å². The van der Waals surface area contributed by atoms with Crippen molar-refractivity contribution in [2.45, 2.75) is 43.6 Å². The lowest BCUT2D eigenvalue weighted by atomic mass is 9.79. The second-order valence-electron chi connectivity index (χ2n) is 16.2. The highest BCUT2D eigenvalue weighted by molar-refractivity contribution is 5.98. The highest BCUT2D eigenvalue weighted by Gasteiger charge is 2.37. The maximum absolute atomic E-state index is 14.9. The summed E-state index contributed by atoms with van der Waals surface area (Å²) in [6.07, 6.45) is 0. The van der Waals surface area contributed by atoms with Crippen molar-refractivity contribution in [3.8, 4) is 0 Å². The lowest BCUT2D eigenvalue weighted by Gasteiger charge is -2.35. The van der Waals surface area contributed by atoms with Gasteiger partial charge >= 0.3 is 0 Å². The molecule has 0 saturated carbocycles. The maximum Gasteiger partial charge on any atom is 0.272 e. The quantitative estimate of drug-likeness (QED) is 0.0932. The molecule has 0 bridgehead atoms. The van der Waals surface area contributed by atoms with E-state index >= 15 is 0 Å². The minimum Gasteiger partial charge on any atom is -0.377 e. The van der Waals surface area contributed by atoms with Gasteiger partial charge in [0.1, 0.15) is 11.6 Å². The van der Waals surface area contributed by atoms with Crippen molar-refractivity contribution >= 4 is 32.9 Å². The van der Waals surface area contributed by atoms with Crippen LogP contribution in [0.4, 0.5) is 20.2 Å². The van der Waals surface area contributed by atoms with E-state index in [1.165, 1.54) is 24.3 Å². The molecular weight excluding hydrogens is 771 g/mol. The Morgan fingerprint density at radius 1 is 0.574 bits per heavy atom. The molecule has 10 nitrogen and oxygen atoms in total. The zero-order chi connectivity index (χ0) is 41.8. The van der Waals surface area contributed by atoms with E-state index in [-0.39, 0.29) is 34.7 Å². The highest BCUT2D eigenvalue weighted by atomic mass is 19.1. The maximum atomic E-state index is 14.9. The molecule has 2 aliphatic heterocycles. The van der Waals surface area contributed by atoms with Gasteiger partial charge in [0.05, 0.1) is 46.1 Å². The molecule has 4 unspecified atom stereocenters. The molecule has 0 saturated heterocycles. The number of nitrogens with one attached hydrogen (secondary N) is 5.